The molecule has 0 atom stereocenters. The molecule has 1 fully saturated rings. The molecule has 0 N–H and O–H groups in total. The van der Waals surface area contributed by atoms with Crippen molar-refractivity contribution >= 4 is 59.9 Å². The second-order valence-electron chi connectivity index (χ2n) is 14.3. The third-order valence-corrected chi connectivity index (χ3v) is 11.3. The van der Waals surface area contributed by atoms with Crippen LogP contribution >= 0.6 is 0 Å². The molecular weight excluding hydrogens is 647 g/mol. The lowest BCUT2D eigenvalue weighted by Crippen LogP contribution is -2.03. The van der Waals surface area contributed by atoms with Gasteiger partial charge in [0.1, 0.15) is 0 Å². The van der Waals surface area contributed by atoms with E-state index in [9.17, 15) is 0 Å². The second kappa shape index (κ2) is 10.8. The second-order valence-corrected chi connectivity index (χ2v) is 14.3. The number of fused-ring (bicyclic) bond motifs is 5. The molecule has 4 aromatic heterocycles. The van der Waals surface area contributed by atoms with Crippen LogP contribution in [0, 0.1) is 0 Å². The lowest BCUT2D eigenvalue weighted by molar-refractivity contribution is 1.06. The van der Waals surface area contributed by atoms with Crippen molar-refractivity contribution in [2.75, 3.05) is 0 Å². The van der Waals surface area contributed by atoms with Gasteiger partial charge in [-0.05, 0) is 72.2 Å². The van der Waals surface area contributed by atoms with Gasteiger partial charge in [0.2, 0.25) is 0 Å². The van der Waals surface area contributed by atoms with Gasteiger partial charge in [-0.3, -0.25) is 0 Å². The Morgan fingerprint density at radius 3 is 1.89 bits per heavy atom. The molecule has 1 aliphatic carbocycles. The van der Waals surface area contributed by atoms with Crippen LogP contribution in [0.4, 0.5) is 0 Å². The third-order valence-electron chi connectivity index (χ3n) is 11.3. The molecule has 0 amide bonds. The van der Waals surface area contributed by atoms with Gasteiger partial charge in [-0.15, -0.1) is 0 Å². The topological polar surface area (TPSA) is 48.0 Å². The van der Waals surface area contributed by atoms with Gasteiger partial charge in [0.05, 0.1) is 33.3 Å². The molecule has 0 radical (unpaired) electrons. The fourth-order valence-electron chi connectivity index (χ4n) is 8.79. The van der Waals surface area contributed by atoms with Gasteiger partial charge in [-0.25, -0.2) is 15.0 Å². The van der Waals surface area contributed by atoms with Crippen LogP contribution in [0.3, 0.4) is 0 Å². The van der Waals surface area contributed by atoms with E-state index < -0.39 is 0 Å². The number of nitrogens with zero attached hydrogens (tertiary/aromatic N) is 5. The molecule has 12 rings (SSSR count). The highest BCUT2D eigenvalue weighted by Crippen LogP contribution is 2.45. The Balaban J connectivity index is 1.17. The first-order valence-electron chi connectivity index (χ1n) is 18.4. The van der Waals surface area contributed by atoms with Crippen LogP contribution in [0.2, 0.25) is 0 Å². The van der Waals surface area contributed by atoms with Crippen molar-refractivity contribution in [1.82, 2.24) is 23.9 Å². The molecule has 0 aliphatic heterocycles. The molecule has 248 valence electrons. The van der Waals surface area contributed by atoms with Crippen molar-refractivity contribution in [3.8, 4) is 39.9 Å². The van der Waals surface area contributed by atoms with E-state index in [-0.39, 0.29) is 0 Å². The van der Waals surface area contributed by atoms with E-state index in [4.69, 9.17) is 15.0 Å². The summed E-state index contributed by atoms with van der Waals surface area (Å²) in [5, 5.41) is 7.53. The number of aromatic nitrogens is 5. The van der Waals surface area contributed by atoms with Crippen molar-refractivity contribution in [3.63, 3.8) is 0 Å². The number of rotatable bonds is 5. The molecule has 53 heavy (non-hydrogen) atoms. The molecule has 11 aromatic rings. The normalized spacial score (nSPS) is 13.4. The smallest absolute Gasteiger partial charge is 0.166 e. The van der Waals surface area contributed by atoms with Gasteiger partial charge >= 0.3 is 0 Å². The van der Waals surface area contributed by atoms with Crippen LogP contribution in [0.25, 0.3) is 99.8 Å². The van der Waals surface area contributed by atoms with Crippen molar-refractivity contribution in [3.05, 3.63) is 163 Å². The molecule has 0 saturated heterocycles. The minimum atomic E-state index is 0.634. The summed E-state index contributed by atoms with van der Waals surface area (Å²) in [5.41, 5.74) is 11.3. The maximum absolute atomic E-state index is 5.26. The Hall–Kier alpha value is -6.85. The van der Waals surface area contributed by atoms with Gasteiger partial charge in [0.25, 0.3) is 0 Å². The largest absolute Gasteiger partial charge is 0.308 e. The van der Waals surface area contributed by atoms with Crippen molar-refractivity contribution < 1.29 is 0 Å². The first-order valence-corrected chi connectivity index (χ1v) is 18.4. The molecule has 4 heterocycles. The highest BCUT2D eigenvalue weighted by atomic mass is 15.1. The lowest BCUT2D eigenvalue weighted by atomic mass is 10.0. The summed E-state index contributed by atoms with van der Waals surface area (Å²) in [4.78, 5) is 15.5. The summed E-state index contributed by atoms with van der Waals surface area (Å²) in [5.74, 6) is 2.64. The summed E-state index contributed by atoms with van der Waals surface area (Å²) in [6.07, 6.45) is 2.49. The Bertz CT molecular complexity index is 3240. The van der Waals surface area contributed by atoms with Crippen molar-refractivity contribution in [2.45, 2.75) is 18.8 Å². The molecule has 5 nitrogen and oxygen atoms in total. The standard InChI is InChI=1S/C48H31N5/c1-2-12-30(13-3-1)46-49-47(32-15-8-14-31(28-32)29-26-27-29)51-48(50-46)37-17-5-7-22-39(37)52-40-23-10-18-34-36-20-9-19-35-33-16-4-6-21-38(33)53(45(35)36)42-25-11-24-41(52)44(42)43(34)40/h1-25,28-29H,26-27H2. The van der Waals surface area contributed by atoms with Crippen molar-refractivity contribution in [1.29, 1.82) is 0 Å². The van der Waals surface area contributed by atoms with E-state index in [1.54, 1.807) is 0 Å². The van der Waals surface area contributed by atoms with Gasteiger partial charge in [0, 0.05) is 43.6 Å². The number of benzene rings is 7. The first-order chi connectivity index (χ1) is 26.3. The zero-order valence-corrected chi connectivity index (χ0v) is 28.7. The highest BCUT2D eigenvalue weighted by Gasteiger charge is 2.25. The van der Waals surface area contributed by atoms with Crippen LogP contribution in [-0.2, 0) is 0 Å². The Morgan fingerprint density at radius 2 is 1.02 bits per heavy atom. The van der Waals surface area contributed by atoms with E-state index in [1.807, 2.05) is 18.2 Å². The van der Waals surface area contributed by atoms with Gasteiger partial charge < -0.3 is 8.97 Å². The molecule has 1 saturated carbocycles. The molecule has 1 aliphatic rings. The predicted molar refractivity (Wildman–Crippen MR) is 217 cm³/mol. The van der Waals surface area contributed by atoms with Gasteiger partial charge in [0.15, 0.2) is 17.5 Å². The van der Waals surface area contributed by atoms with Crippen LogP contribution < -0.4 is 0 Å². The Kier molecular flexibility index (Phi) is 5.89. The number of hydrogen-bond acceptors (Lipinski definition) is 3. The maximum atomic E-state index is 5.26. The van der Waals surface area contributed by atoms with Gasteiger partial charge in [-0.1, -0.05) is 115 Å². The van der Waals surface area contributed by atoms with Crippen LogP contribution in [0.5, 0.6) is 0 Å². The van der Waals surface area contributed by atoms with Crippen LogP contribution in [-0.4, -0.2) is 23.9 Å². The van der Waals surface area contributed by atoms with E-state index in [0.29, 0.717) is 23.4 Å². The molecule has 5 heteroatoms. The average Bonchev–Trinajstić information content (AvgIpc) is 3.97. The third kappa shape index (κ3) is 4.16. The lowest BCUT2D eigenvalue weighted by Gasteiger charge is -2.15. The molecule has 0 spiro atoms. The Morgan fingerprint density at radius 1 is 0.434 bits per heavy atom. The van der Waals surface area contributed by atoms with E-state index in [0.717, 1.165) is 33.4 Å². The van der Waals surface area contributed by atoms with Crippen LogP contribution in [0.1, 0.15) is 24.3 Å². The fourth-order valence-corrected chi connectivity index (χ4v) is 8.79. The summed E-state index contributed by atoms with van der Waals surface area (Å²) in [6, 6.07) is 56.6. The summed E-state index contributed by atoms with van der Waals surface area (Å²) in [7, 11) is 0. The highest BCUT2D eigenvalue weighted by molar-refractivity contribution is 6.31. The van der Waals surface area contributed by atoms with Gasteiger partial charge in [-0.2, -0.15) is 0 Å². The Labute approximate surface area is 304 Å². The quantitative estimate of drug-likeness (QED) is 0.182. The minimum absolute atomic E-state index is 0.634. The summed E-state index contributed by atoms with van der Waals surface area (Å²) >= 11 is 0. The van der Waals surface area contributed by atoms with E-state index >= 15 is 0 Å². The zero-order chi connectivity index (χ0) is 34.6. The molecule has 0 unspecified atom stereocenters. The summed E-state index contributed by atoms with van der Waals surface area (Å²) < 4.78 is 4.90. The number of para-hydroxylation sites is 3. The predicted octanol–water partition coefficient (Wildman–Crippen LogP) is 12.0. The fraction of sp³-hybridized carbons (Fsp3) is 0.0625. The molecule has 7 aromatic carbocycles. The SMILES string of the molecule is c1ccc(-c2nc(-c3cccc(C4CC4)c3)nc(-c3ccccc3-n3c4cccc5c6cccc7c8ccccc8n(c8cccc3c8c54)c67)n2)cc1. The summed E-state index contributed by atoms with van der Waals surface area (Å²) in [6.45, 7) is 0. The first kappa shape index (κ1) is 28.8. The molecular formula is C48H31N5. The number of hydrogen-bond donors (Lipinski definition) is 0. The van der Waals surface area contributed by atoms with E-state index in [1.165, 1.54) is 67.3 Å². The zero-order valence-electron chi connectivity index (χ0n) is 28.7. The maximum Gasteiger partial charge on any atom is 0.166 e. The monoisotopic (exact) mass is 677 g/mol. The van der Waals surface area contributed by atoms with Crippen LogP contribution in [0.15, 0.2) is 158 Å². The van der Waals surface area contributed by atoms with E-state index in [2.05, 4.69) is 148 Å². The average molecular weight is 678 g/mol. The minimum Gasteiger partial charge on any atom is -0.308 e. The molecule has 0 bridgehead atoms. The van der Waals surface area contributed by atoms with Crippen molar-refractivity contribution in [2.24, 2.45) is 0 Å².